The second-order valence-corrected chi connectivity index (χ2v) is 7.64. The first-order valence-corrected chi connectivity index (χ1v) is 9.55. The molecule has 0 aliphatic carbocycles. The number of imide groups is 1. The van der Waals surface area contributed by atoms with Crippen LogP contribution in [0.25, 0.3) is 0 Å². The first-order valence-electron chi connectivity index (χ1n) is 7.60. The molecule has 7 nitrogen and oxygen atoms in total. The van der Waals surface area contributed by atoms with Crippen molar-refractivity contribution in [2.24, 2.45) is 0 Å². The lowest BCUT2D eigenvalue weighted by Gasteiger charge is -2.17. The highest BCUT2D eigenvalue weighted by atomic mass is 79.9. The molecule has 0 bridgehead atoms. The van der Waals surface area contributed by atoms with Crippen LogP contribution in [0.5, 0.6) is 0 Å². The van der Waals surface area contributed by atoms with Crippen molar-refractivity contribution in [2.45, 2.75) is 19.4 Å². The van der Waals surface area contributed by atoms with E-state index in [-0.39, 0.29) is 17.5 Å². The Hall–Kier alpha value is -1.87. The fourth-order valence-electron chi connectivity index (χ4n) is 2.39. The van der Waals surface area contributed by atoms with Crippen molar-refractivity contribution in [2.75, 3.05) is 18.1 Å². The number of thioether (sulfide) groups is 1. The van der Waals surface area contributed by atoms with Gasteiger partial charge in [0, 0.05) is 4.47 Å². The van der Waals surface area contributed by atoms with E-state index in [1.807, 2.05) is 6.92 Å². The van der Waals surface area contributed by atoms with Gasteiger partial charge < -0.3 is 10.4 Å². The highest BCUT2D eigenvalue weighted by molar-refractivity contribution is 9.10. The Morgan fingerprint density at radius 1 is 1.28 bits per heavy atom. The minimum absolute atomic E-state index is 0.223. The molecule has 2 N–H and O–H groups in total. The molecule has 1 heterocycles. The van der Waals surface area contributed by atoms with Gasteiger partial charge in [-0.25, -0.2) is 4.79 Å². The number of rotatable bonds is 8. The second kappa shape index (κ2) is 8.48. The third-order valence-electron chi connectivity index (χ3n) is 3.62. The van der Waals surface area contributed by atoms with Gasteiger partial charge in [-0.05, 0) is 36.1 Å². The summed E-state index contributed by atoms with van der Waals surface area (Å²) >= 11 is 4.80. The summed E-state index contributed by atoms with van der Waals surface area (Å²) < 4.78 is 0.651. The number of hydrogen-bond donors (Lipinski definition) is 2. The number of nitrogens with zero attached hydrogens (tertiary/aromatic N) is 1. The zero-order valence-corrected chi connectivity index (χ0v) is 15.9. The molecule has 0 spiro atoms. The van der Waals surface area contributed by atoms with E-state index in [0.29, 0.717) is 10.2 Å². The summed E-state index contributed by atoms with van der Waals surface area (Å²) in [7, 11) is 0. The van der Waals surface area contributed by atoms with Crippen LogP contribution in [-0.2, 0) is 9.59 Å². The van der Waals surface area contributed by atoms with Gasteiger partial charge in [0.15, 0.2) is 0 Å². The van der Waals surface area contributed by atoms with E-state index in [1.165, 1.54) is 12.1 Å². The van der Waals surface area contributed by atoms with Crippen LogP contribution in [0.1, 0.15) is 34.1 Å². The molecule has 1 aromatic carbocycles. The number of carboxylic acids is 1. The molecule has 0 radical (unpaired) electrons. The first-order chi connectivity index (χ1) is 11.8. The molecule has 0 saturated carbocycles. The van der Waals surface area contributed by atoms with Crippen LogP contribution < -0.4 is 5.32 Å². The van der Waals surface area contributed by atoms with Gasteiger partial charge in [0.25, 0.3) is 11.8 Å². The first kappa shape index (κ1) is 19.5. The molecule has 2 rings (SSSR count). The molecule has 25 heavy (non-hydrogen) atoms. The van der Waals surface area contributed by atoms with Gasteiger partial charge in [-0.15, -0.1) is 0 Å². The number of carbonyl (C=O) groups is 4. The van der Waals surface area contributed by atoms with Crippen molar-refractivity contribution in [1.82, 2.24) is 10.2 Å². The highest BCUT2D eigenvalue weighted by Crippen LogP contribution is 2.25. The Bertz CT molecular complexity index is 724. The fourth-order valence-corrected chi connectivity index (χ4v) is 3.45. The zero-order chi connectivity index (χ0) is 18.6. The summed E-state index contributed by atoms with van der Waals surface area (Å²) in [5.74, 6) is -1.50. The largest absolute Gasteiger partial charge is 0.480 e. The van der Waals surface area contributed by atoms with Crippen LogP contribution in [-0.4, -0.2) is 57.8 Å². The summed E-state index contributed by atoms with van der Waals surface area (Å²) in [5, 5.41) is 11.6. The van der Waals surface area contributed by atoms with E-state index < -0.39 is 36.3 Å². The molecule has 9 heteroatoms. The smallest absolute Gasteiger partial charge is 0.326 e. The standard InChI is InChI=1S/C16H17BrN2O5S/c1-2-25-6-5-12(16(23)24)18-13(20)8-19-14(21)10-4-3-9(17)7-11(10)15(19)22/h3-4,7,12H,2,5-6,8H2,1H3,(H,18,20)(H,23,24). The van der Waals surface area contributed by atoms with Crippen LogP contribution in [0, 0.1) is 0 Å². The summed E-state index contributed by atoms with van der Waals surface area (Å²) in [6.45, 7) is 1.45. The minimum Gasteiger partial charge on any atom is -0.480 e. The predicted octanol–water partition coefficient (Wildman–Crippen LogP) is 1.76. The highest BCUT2D eigenvalue weighted by Gasteiger charge is 2.37. The van der Waals surface area contributed by atoms with Gasteiger partial charge in [-0.2, -0.15) is 11.8 Å². The minimum atomic E-state index is -1.14. The van der Waals surface area contributed by atoms with Crippen molar-refractivity contribution < 1.29 is 24.3 Å². The third kappa shape index (κ3) is 4.60. The molecule has 0 saturated heterocycles. The summed E-state index contributed by atoms with van der Waals surface area (Å²) in [6, 6.07) is 3.63. The molecule has 1 unspecified atom stereocenters. The molecule has 1 aliphatic rings. The molecular weight excluding hydrogens is 412 g/mol. The third-order valence-corrected chi connectivity index (χ3v) is 5.05. The Labute approximate surface area is 157 Å². The average molecular weight is 429 g/mol. The predicted molar refractivity (Wildman–Crippen MR) is 96.7 cm³/mol. The van der Waals surface area contributed by atoms with E-state index in [2.05, 4.69) is 21.2 Å². The number of carbonyl (C=O) groups excluding carboxylic acids is 3. The summed E-state index contributed by atoms with van der Waals surface area (Å²) in [5.41, 5.74) is 0.455. The lowest BCUT2D eigenvalue weighted by Crippen LogP contribution is -2.47. The molecular formula is C16H17BrN2O5S. The molecule has 1 aromatic rings. The van der Waals surface area contributed by atoms with E-state index in [9.17, 15) is 24.3 Å². The molecule has 1 atom stereocenters. The lowest BCUT2D eigenvalue weighted by atomic mass is 10.1. The van der Waals surface area contributed by atoms with Gasteiger partial charge in [-0.1, -0.05) is 22.9 Å². The number of nitrogens with one attached hydrogen (secondary N) is 1. The lowest BCUT2D eigenvalue weighted by molar-refractivity contribution is -0.141. The molecule has 0 aromatic heterocycles. The quantitative estimate of drug-likeness (QED) is 0.482. The second-order valence-electron chi connectivity index (χ2n) is 5.33. The van der Waals surface area contributed by atoms with E-state index >= 15 is 0 Å². The number of carboxylic acid groups (broad SMARTS) is 1. The Morgan fingerprint density at radius 2 is 1.96 bits per heavy atom. The van der Waals surface area contributed by atoms with E-state index in [1.54, 1.807) is 17.8 Å². The Balaban J connectivity index is 2.02. The summed E-state index contributed by atoms with van der Waals surface area (Å²) in [6.07, 6.45) is 0.272. The average Bonchev–Trinajstić information content (AvgIpc) is 2.78. The molecule has 0 fully saturated rings. The number of hydrogen-bond acceptors (Lipinski definition) is 5. The van der Waals surface area contributed by atoms with Crippen molar-refractivity contribution in [1.29, 1.82) is 0 Å². The van der Waals surface area contributed by atoms with Crippen molar-refractivity contribution in [3.8, 4) is 0 Å². The van der Waals surface area contributed by atoms with Crippen LogP contribution in [0.15, 0.2) is 22.7 Å². The van der Waals surface area contributed by atoms with Crippen LogP contribution in [0.2, 0.25) is 0 Å². The molecule has 1 aliphatic heterocycles. The number of benzene rings is 1. The fraction of sp³-hybridized carbons (Fsp3) is 0.375. The number of halogens is 1. The maximum absolute atomic E-state index is 12.3. The van der Waals surface area contributed by atoms with Crippen LogP contribution >= 0.6 is 27.7 Å². The van der Waals surface area contributed by atoms with Gasteiger partial charge in [0.2, 0.25) is 5.91 Å². The van der Waals surface area contributed by atoms with Gasteiger partial charge >= 0.3 is 5.97 Å². The SMILES string of the molecule is CCSCCC(NC(=O)CN1C(=O)c2ccc(Br)cc2C1=O)C(=O)O. The zero-order valence-electron chi connectivity index (χ0n) is 13.5. The van der Waals surface area contributed by atoms with Crippen molar-refractivity contribution >= 4 is 51.4 Å². The number of aliphatic carboxylic acids is 1. The Morgan fingerprint density at radius 3 is 2.60 bits per heavy atom. The number of fused-ring (bicyclic) bond motifs is 1. The van der Waals surface area contributed by atoms with E-state index in [4.69, 9.17) is 0 Å². The number of amides is 3. The molecule has 134 valence electrons. The topological polar surface area (TPSA) is 104 Å². The van der Waals surface area contributed by atoms with Gasteiger partial charge in [-0.3, -0.25) is 19.3 Å². The normalized spacial score (nSPS) is 14.4. The molecule has 3 amide bonds. The van der Waals surface area contributed by atoms with Crippen LogP contribution in [0.4, 0.5) is 0 Å². The summed E-state index contributed by atoms with van der Waals surface area (Å²) in [4.78, 5) is 48.8. The van der Waals surface area contributed by atoms with Crippen LogP contribution in [0.3, 0.4) is 0 Å². The maximum Gasteiger partial charge on any atom is 0.326 e. The van der Waals surface area contributed by atoms with Gasteiger partial charge in [0.05, 0.1) is 11.1 Å². The maximum atomic E-state index is 12.3. The van der Waals surface area contributed by atoms with E-state index in [0.717, 1.165) is 10.7 Å². The van der Waals surface area contributed by atoms with Crippen molar-refractivity contribution in [3.63, 3.8) is 0 Å². The monoisotopic (exact) mass is 428 g/mol. The van der Waals surface area contributed by atoms with Gasteiger partial charge in [0.1, 0.15) is 12.6 Å². The Kier molecular flexibility index (Phi) is 6.60. The van der Waals surface area contributed by atoms with Crippen molar-refractivity contribution in [3.05, 3.63) is 33.8 Å².